The second-order valence-corrected chi connectivity index (χ2v) is 8.70. The van der Waals surface area contributed by atoms with Crippen LogP contribution in [0.4, 0.5) is 0 Å². The number of allylic oxidation sites excluding steroid dienone is 1. The molecule has 1 saturated heterocycles. The number of carboxylic acid groups (broad SMARTS) is 1. The van der Waals surface area contributed by atoms with Crippen molar-refractivity contribution in [1.29, 1.82) is 0 Å². The van der Waals surface area contributed by atoms with E-state index in [1.165, 1.54) is 7.11 Å². The van der Waals surface area contributed by atoms with Gasteiger partial charge < -0.3 is 35.1 Å². The highest BCUT2D eigenvalue weighted by molar-refractivity contribution is 6.31. The highest BCUT2D eigenvalue weighted by Crippen LogP contribution is 2.42. The van der Waals surface area contributed by atoms with Gasteiger partial charge >= 0.3 is 23.9 Å². The Hall–Kier alpha value is -3.41. The Bertz CT molecular complexity index is 1100. The summed E-state index contributed by atoms with van der Waals surface area (Å²) in [6.07, 6.45) is -0.366. The summed E-state index contributed by atoms with van der Waals surface area (Å²) < 4.78 is 20.2. The number of methoxy groups -OCH3 is 1. The van der Waals surface area contributed by atoms with E-state index in [-0.39, 0.29) is 26.1 Å². The number of esters is 3. The Labute approximate surface area is 225 Å². The van der Waals surface area contributed by atoms with Crippen LogP contribution in [0.1, 0.15) is 44.6 Å². The van der Waals surface area contributed by atoms with Crippen LogP contribution in [0.3, 0.4) is 0 Å². The number of halogens is 1. The van der Waals surface area contributed by atoms with Crippen molar-refractivity contribution in [2.24, 2.45) is 5.73 Å². The van der Waals surface area contributed by atoms with Gasteiger partial charge in [-0.3, -0.25) is 9.59 Å². The first-order valence-electron chi connectivity index (χ1n) is 12.0. The van der Waals surface area contributed by atoms with Gasteiger partial charge in [-0.25, -0.2) is 9.59 Å². The van der Waals surface area contributed by atoms with Gasteiger partial charge in [0.15, 0.2) is 6.10 Å². The zero-order chi connectivity index (χ0) is 28.2. The molecule has 0 radical (unpaired) electrons. The molecule has 0 aromatic heterocycles. The number of cyclic esters (lactones) is 1. The van der Waals surface area contributed by atoms with Crippen LogP contribution in [0.2, 0.25) is 5.02 Å². The van der Waals surface area contributed by atoms with E-state index in [9.17, 15) is 19.2 Å². The quantitative estimate of drug-likeness (QED) is 0.222. The van der Waals surface area contributed by atoms with Crippen LogP contribution >= 0.6 is 11.6 Å². The lowest BCUT2D eigenvalue weighted by Gasteiger charge is -2.32. The molecule has 1 aromatic rings. The molecule has 38 heavy (non-hydrogen) atoms. The van der Waals surface area contributed by atoms with Gasteiger partial charge in [-0.15, -0.1) is 0 Å². The highest BCUT2D eigenvalue weighted by atomic mass is 35.5. The Morgan fingerprint density at radius 3 is 2.50 bits per heavy atom. The fourth-order valence-electron chi connectivity index (χ4n) is 4.03. The molecule has 2 aliphatic rings. The van der Waals surface area contributed by atoms with E-state index in [1.54, 1.807) is 26.0 Å². The van der Waals surface area contributed by atoms with Crippen molar-refractivity contribution in [2.45, 2.75) is 45.1 Å². The van der Waals surface area contributed by atoms with E-state index in [2.05, 4.69) is 10.1 Å². The standard InChI is InChI=1S/C21H27ClN2O5.C5H6O4/c1-4-29-18(25)11-15-17(12-28-10-9-23)24-13(2)19(21(26)27-3)20(15)14-7-5-6-8-16(14)22;6-4-2-1-3(9-4)5(7)8/h5-8,20,24H,4,9-12,23H2,1-3H3;3H,1-2H2,(H,7,8)/t;3-/m.0/s1. The first-order valence-corrected chi connectivity index (χ1v) is 12.4. The molecular formula is C26H33ClN2O9. The molecule has 1 fully saturated rings. The fraction of sp³-hybridized carbons (Fsp3) is 0.462. The molecule has 12 heteroatoms. The maximum Gasteiger partial charge on any atom is 0.345 e. The highest BCUT2D eigenvalue weighted by Gasteiger charge is 2.36. The molecule has 3 rings (SSSR count). The summed E-state index contributed by atoms with van der Waals surface area (Å²) >= 11 is 6.47. The van der Waals surface area contributed by atoms with Crippen LogP contribution in [0.15, 0.2) is 46.8 Å². The number of carbonyl (C=O) groups is 4. The molecule has 0 aliphatic carbocycles. The third-order valence-electron chi connectivity index (χ3n) is 5.70. The molecule has 0 amide bonds. The summed E-state index contributed by atoms with van der Waals surface area (Å²) in [5.74, 6) is -2.94. The van der Waals surface area contributed by atoms with Crippen LogP contribution in [-0.4, -0.2) is 68.6 Å². The molecule has 2 atom stereocenters. The molecule has 1 aromatic carbocycles. The number of nitrogens with two attached hydrogens (primary N) is 1. The number of rotatable bonds is 10. The molecule has 2 aliphatic heterocycles. The van der Waals surface area contributed by atoms with Crippen molar-refractivity contribution in [3.8, 4) is 0 Å². The molecule has 11 nitrogen and oxygen atoms in total. The summed E-state index contributed by atoms with van der Waals surface area (Å²) in [7, 11) is 1.32. The third-order valence-corrected chi connectivity index (χ3v) is 6.04. The van der Waals surface area contributed by atoms with Crippen LogP contribution in [-0.2, 0) is 38.1 Å². The lowest BCUT2D eigenvalue weighted by Crippen LogP contribution is -2.32. The van der Waals surface area contributed by atoms with E-state index in [0.29, 0.717) is 52.7 Å². The van der Waals surface area contributed by atoms with Crippen molar-refractivity contribution < 1.29 is 43.2 Å². The Balaban J connectivity index is 0.000000474. The minimum atomic E-state index is -1.05. The van der Waals surface area contributed by atoms with Crippen LogP contribution in [0.5, 0.6) is 0 Å². The SMILES string of the molecule is CCOC(=O)CC1=C(COCCN)NC(C)=C(C(=O)OC)C1c1ccccc1Cl.O=C1CC[C@@H](C(=O)O)O1. The number of hydrogen-bond acceptors (Lipinski definition) is 10. The van der Waals surface area contributed by atoms with E-state index >= 15 is 0 Å². The number of nitrogens with one attached hydrogen (secondary N) is 1. The molecule has 0 saturated carbocycles. The fourth-order valence-corrected chi connectivity index (χ4v) is 4.28. The normalized spacial score (nSPS) is 18.7. The zero-order valence-corrected chi connectivity index (χ0v) is 22.3. The smallest absolute Gasteiger partial charge is 0.345 e. The first-order chi connectivity index (χ1) is 18.1. The lowest BCUT2D eigenvalue weighted by molar-refractivity contribution is -0.156. The minimum absolute atomic E-state index is 0.0220. The van der Waals surface area contributed by atoms with E-state index < -0.39 is 35.9 Å². The van der Waals surface area contributed by atoms with Gasteiger partial charge in [-0.2, -0.15) is 0 Å². The number of dihydropyridines is 1. The second-order valence-electron chi connectivity index (χ2n) is 8.29. The number of hydrogen-bond donors (Lipinski definition) is 3. The number of aliphatic carboxylic acids is 1. The average molecular weight is 553 g/mol. The van der Waals surface area contributed by atoms with E-state index in [4.69, 9.17) is 36.7 Å². The predicted molar refractivity (Wildman–Crippen MR) is 137 cm³/mol. The topological polar surface area (TPSA) is 163 Å². The van der Waals surface area contributed by atoms with Gasteiger partial charge in [0.05, 0.1) is 38.9 Å². The first kappa shape index (κ1) is 30.8. The monoisotopic (exact) mass is 552 g/mol. The van der Waals surface area contributed by atoms with Crippen molar-refractivity contribution in [3.63, 3.8) is 0 Å². The van der Waals surface area contributed by atoms with Crippen molar-refractivity contribution >= 4 is 35.5 Å². The zero-order valence-electron chi connectivity index (χ0n) is 21.6. The maximum atomic E-state index is 12.6. The number of benzene rings is 1. The number of carbonyl (C=O) groups excluding carboxylic acids is 3. The molecular weight excluding hydrogens is 520 g/mol. The van der Waals surface area contributed by atoms with Gasteiger partial charge in [0.1, 0.15) is 0 Å². The van der Waals surface area contributed by atoms with Crippen LogP contribution in [0, 0.1) is 0 Å². The molecule has 2 heterocycles. The largest absolute Gasteiger partial charge is 0.479 e. The van der Waals surface area contributed by atoms with Gasteiger partial charge in [-0.1, -0.05) is 29.8 Å². The third kappa shape index (κ3) is 8.30. The molecule has 4 N–H and O–H groups in total. The van der Waals surface area contributed by atoms with E-state index in [1.807, 2.05) is 12.1 Å². The maximum absolute atomic E-state index is 12.6. The predicted octanol–water partition coefficient (Wildman–Crippen LogP) is 2.43. The van der Waals surface area contributed by atoms with Crippen LogP contribution in [0.25, 0.3) is 0 Å². The summed E-state index contributed by atoms with van der Waals surface area (Å²) in [4.78, 5) is 45.4. The summed E-state index contributed by atoms with van der Waals surface area (Å²) in [5.41, 5.74) is 8.56. The van der Waals surface area contributed by atoms with Gasteiger partial charge in [-0.05, 0) is 31.1 Å². The van der Waals surface area contributed by atoms with Gasteiger partial charge in [0.2, 0.25) is 0 Å². The Kier molecular flexibility index (Phi) is 12.3. The van der Waals surface area contributed by atoms with Gasteiger partial charge in [0, 0.05) is 41.7 Å². The molecule has 1 unspecified atom stereocenters. The minimum Gasteiger partial charge on any atom is -0.479 e. The Morgan fingerprint density at radius 1 is 1.26 bits per heavy atom. The van der Waals surface area contributed by atoms with Crippen molar-refractivity contribution in [2.75, 3.05) is 33.5 Å². The number of ether oxygens (including phenoxy) is 4. The van der Waals surface area contributed by atoms with Crippen LogP contribution < -0.4 is 11.1 Å². The summed E-state index contributed by atoms with van der Waals surface area (Å²) in [6, 6.07) is 7.22. The van der Waals surface area contributed by atoms with Crippen molar-refractivity contribution in [3.05, 3.63) is 57.4 Å². The lowest BCUT2D eigenvalue weighted by atomic mass is 9.79. The number of carboxylic acids is 1. The molecule has 208 valence electrons. The molecule has 0 spiro atoms. The summed E-state index contributed by atoms with van der Waals surface area (Å²) in [6.45, 7) is 4.72. The van der Waals surface area contributed by atoms with Crippen molar-refractivity contribution in [1.82, 2.24) is 5.32 Å². The molecule has 0 bridgehead atoms. The average Bonchev–Trinajstić information content (AvgIpc) is 3.32. The van der Waals surface area contributed by atoms with E-state index in [0.717, 1.165) is 0 Å². The van der Waals surface area contributed by atoms with Gasteiger partial charge in [0.25, 0.3) is 0 Å². The summed E-state index contributed by atoms with van der Waals surface area (Å²) in [5, 5.41) is 11.9. The second kappa shape index (κ2) is 15.1. The Morgan fingerprint density at radius 2 is 1.97 bits per heavy atom.